The van der Waals surface area contributed by atoms with Crippen LogP contribution in [-0.4, -0.2) is 23.1 Å². The molecule has 0 saturated carbocycles. The Balaban J connectivity index is 1.88. The molecule has 1 saturated heterocycles. The van der Waals surface area contributed by atoms with Gasteiger partial charge in [-0.1, -0.05) is 0 Å². The van der Waals surface area contributed by atoms with Gasteiger partial charge in [-0.25, -0.2) is 4.98 Å². The van der Waals surface area contributed by atoms with E-state index in [-0.39, 0.29) is 0 Å². The van der Waals surface area contributed by atoms with E-state index in [1.165, 1.54) is 6.42 Å². The lowest BCUT2D eigenvalue weighted by atomic mass is 10.1. The number of hydrogen-bond acceptors (Lipinski definition) is 3. The van der Waals surface area contributed by atoms with Crippen LogP contribution in [0, 0.1) is 17.2 Å². The summed E-state index contributed by atoms with van der Waals surface area (Å²) < 4.78 is 0. The Morgan fingerprint density at radius 3 is 3.18 bits per heavy atom. The molecule has 0 bridgehead atoms. The molecular formula is C13H14N4. The van der Waals surface area contributed by atoms with E-state index in [1.54, 1.807) is 0 Å². The monoisotopic (exact) mass is 226 g/mol. The minimum absolute atomic E-state index is 0.676. The first kappa shape index (κ1) is 10.3. The topological polar surface area (TPSA) is 64.5 Å². The zero-order valence-electron chi connectivity index (χ0n) is 9.53. The van der Waals surface area contributed by atoms with Gasteiger partial charge in [0, 0.05) is 6.42 Å². The number of hydrogen-bond donors (Lipinski definition) is 2. The van der Waals surface area contributed by atoms with Gasteiger partial charge in [0.2, 0.25) is 0 Å². The fourth-order valence-corrected chi connectivity index (χ4v) is 2.39. The molecule has 1 aliphatic rings. The Hall–Kier alpha value is -1.86. The van der Waals surface area contributed by atoms with Gasteiger partial charge < -0.3 is 10.3 Å². The molecule has 1 aromatic carbocycles. The fourth-order valence-electron chi connectivity index (χ4n) is 2.39. The Morgan fingerprint density at radius 1 is 1.47 bits per heavy atom. The number of nitrogens with one attached hydrogen (secondary N) is 2. The van der Waals surface area contributed by atoms with Gasteiger partial charge in [-0.15, -0.1) is 0 Å². The second kappa shape index (κ2) is 4.19. The smallest absolute Gasteiger partial charge is 0.107 e. The molecule has 3 rings (SSSR count). The molecule has 1 aromatic heterocycles. The summed E-state index contributed by atoms with van der Waals surface area (Å²) in [5.41, 5.74) is 2.59. The van der Waals surface area contributed by atoms with Crippen LogP contribution in [-0.2, 0) is 6.42 Å². The molecule has 17 heavy (non-hydrogen) atoms. The summed E-state index contributed by atoms with van der Waals surface area (Å²) in [5, 5.41) is 12.2. The molecule has 0 amide bonds. The Kier molecular flexibility index (Phi) is 2.54. The highest BCUT2D eigenvalue weighted by Crippen LogP contribution is 2.17. The van der Waals surface area contributed by atoms with Crippen LogP contribution in [0.25, 0.3) is 11.0 Å². The molecule has 1 fully saturated rings. The van der Waals surface area contributed by atoms with E-state index in [2.05, 4.69) is 21.4 Å². The molecule has 0 spiro atoms. The first-order chi connectivity index (χ1) is 8.35. The van der Waals surface area contributed by atoms with Crippen molar-refractivity contribution in [3.63, 3.8) is 0 Å². The van der Waals surface area contributed by atoms with Gasteiger partial charge in [0.1, 0.15) is 5.82 Å². The number of H-pyrrole nitrogens is 1. The molecule has 1 aliphatic heterocycles. The Morgan fingerprint density at radius 2 is 2.41 bits per heavy atom. The number of nitriles is 1. The van der Waals surface area contributed by atoms with Crippen molar-refractivity contribution in [2.75, 3.05) is 13.1 Å². The van der Waals surface area contributed by atoms with E-state index in [9.17, 15) is 0 Å². The summed E-state index contributed by atoms with van der Waals surface area (Å²) in [6.45, 7) is 2.20. The van der Waals surface area contributed by atoms with Crippen molar-refractivity contribution in [3.8, 4) is 6.07 Å². The third kappa shape index (κ3) is 2.02. The van der Waals surface area contributed by atoms with Gasteiger partial charge in [-0.2, -0.15) is 5.26 Å². The quantitative estimate of drug-likeness (QED) is 0.817. The standard InChI is InChI=1S/C13H14N4/c14-7-9-1-2-11-12(5-9)17-13(16-11)6-10-3-4-15-8-10/h1-2,5,10,15H,3-4,6,8H2,(H,16,17). The highest BCUT2D eigenvalue weighted by Gasteiger charge is 2.16. The van der Waals surface area contributed by atoms with Gasteiger partial charge in [0.25, 0.3) is 0 Å². The summed E-state index contributed by atoms with van der Waals surface area (Å²) in [6, 6.07) is 7.72. The van der Waals surface area contributed by atoms with Crippen LogP contribution in [0.4, 0.5) is 0 Å². The highest BCUT2D eigenvalue weighted by molar-refractivity contribution is 5.76. The molecule has 2 aromatic rings. The number of aromatic amines is 1. The summed E-state index contributed by atoms with van der Waals surface area (Å²) in [4.78, 5) is 7.87. The molecular weight excluding hydrogens is 212 g/mol. The lowest BCUT2D eigenvalue weighted by molar-refractivity contribution is 0.565. The van der Waals surface area contributed by atoms with Gasteiger partial charge in [0.15, 0.2) is 0 Å². The summed E-state index contributed by atoms with van der Waals surface area (Å²) in [5.74, 6) is 1.72. The van der Waals surface area contributed by atoms with E-state index in [0.29, 0.717) is 11.5 Å². The molecule has 86 valence electrons. The number of fused-ring (bicyclic) bond motifs is 1. The fraction of sp³-hybridized carbons (Fsp3) is 0.385. The van der Waals surface area contributed by atoms with Gasteiger partial charge in [-0.05, 0) is 43.6 Å². The predicted molar refractivity (Wildman–Crippen MR) is 65.5 cm³/mol. The minimum Gasteiger partial charge on any atom is -0.342 e. The van der Waals surface area contributed by atoms with Crippen molar-refractivity contribution in [3.05, 3.63) is 29.6 Å². The van der Waals surface area contributed by atoms with Gasteiger partial charge in [-0.3, -0.25) is 0 Å². The first-order valence-corrected chi connectivity index (χ1v) is 5.94. The molecule has 4 nitrogen and oxygen atoms in total. The maximum absolute atomic E-state index is 8.84. The zero-order chi connectivity index (χ0) is 11.7. The summed E-state index contributed by atoms with van der Waals surface area (Å²) >= 11 is 0. The number of aromatic nitrogens is 2. The molecule has 2 heterocycles. The second-order valence-electron chi connectivity index (χ2n) is 4.59. The Labute approximate surface area is 99.7 Å². The Bertz CT molecular complexity index is 573. The molecule has 1 unspecified atom stereocenters. The van der Waals surface area contributed by atoms with Crippen LogP contribution in [0.1, 0.15) is 17.8 Å². The van der Waals surface area contributed by atoms with Crippen LogP contribution in [0.15, 0.2) is 18.2 Å². The lowest BCUT2D eigenvalue weighted by Crippen LogP contribution is -2.11. The van der Waals surface area contributed by atoms with Crippen LogP contribution in [0.5, 0.6) is 0 Å². The minimum atomic E-state index is 0.676. The number of benzene rings is 1. The molecule has 2 N–H and O–H groups in total. The van der Waals surface area contributed by atoms with Crippen LogP contribution >= 0.6 is 0 Å². The normalized spacial score (nSPS) is 19.6. The van der Waals surface area contributed by atoms with Gasteiger partial charge >= 0.3 is 0 Å². The number of imidazole rings is 1. The van der Waals surface area contributed by atoms with Crippen molar-refractivity contribution < 1.29 is 0 Å². The molecule has 0 aliphatic carbocycles. The maximum Gasteiger partial charge on any atom is 0.107 e. The second-order valence-corrected chi connectivity index (χ2v) is 4.59. The van der Waals surface area contributed by atoms with Crippen molar-refractivity contribution in [2.24, 2.45) is 5.92 Å². The van der Waals surface area contributed by atoms with Gasteiger partial charge in [0.05, 0.1) is 22.7 Å². The van der Waals surface area contributed by atoms with Crippen molar-refractivity contribution >= 4 is 11.0 Å². The molecule has 4 heteroatoms. The average Bonchev–Trinajstić information content (AvgIpc) is 2.96. The van der Waals surface area contributed by atoms with E-state index < -0.39 is 0 Å². The van der Waals surface area contributed by atoms with Crippen molar-refractivity contribution in [2.45, 2.75) is 12.8 Å². The highest BCUT2D eigenvalue weighted by atomic mass is 14.9. The summed E-state index contributed by atoms with van der Waals surface area (Å²) in [6.07, 6.45) is 2.21. The van der Waals surface area contributed by atoms with Crippen LogP contribution < -0.4 is 5.32 Å². The average molecular weight is 226 g/mol. The predicted octanol–water partition coefficient (Wildman–Crippen LogP) is 1.59. The lowest BCUT2D eigenvalue weighted by Gasteiger charge is -2.03. The summed E-state index contributed by atoms with van der Waals surface area (Å²) in [7, 11) is 0. The van der Waals surface area contributed by atoms with E-state index in [0.717, 1.165) is 36.4 Å². The van der Waals surface area contributed by atoms with Crippen molar-refractivity contribution in [1.29, 1.82) is 5.26 Å². The molecule has 0 radical (unpaired) electrons. The number of nitrogens with zero attached hydrogens (tertiary/aromatic N) is 2. The van der Waals surface area contributed by atoms with E-state index >= 15 is 0 Å². The zero-order valence-corrected chi connectivity index (χ0v) is 9.53. The van der Waals surface area contributed by atoms with E-state index in [4.69, 9.17) is 5.26 Å². The van der Waals surface area contributed by atoms with Crippen LogP contribution in [0.2, 0.25) is 0 Å². The van der Waals surface area contributed by atoms with Crippen LogP contribution in [0.3, 0.4) is 0 Å². The third-order valence-electron chi connectivity index (χ3n) is 3.30. The first-order valence-electron chi connectivity index (χ1n) is 5.94. The largest absolute Gasteiger partial charge is 0.342 e. The maximum atomic E-state index is 8.84. The van der Waals surface area contributed by atoms with E-state index in [1.807, 2.05) is 18.2 Å². The molecule has 1 atom stereocenters. The number of rotatable bonds is 2. The third-order valence-corrected chi connectivity index (χ3v) is 3.30. The SMILES string of the molecule is N#Cc1ccc2nc(CC3CCNC3)[nH]c2c1. The van der Waals surface area contributed by atoms with Crippen molar-refractivity contribution in [1.82, 2.24) is 15.3 Å².